The summed E-state index contributed by atoms with van der Waals surface area (Å²) in [5.74, 6) is 0.0240. The lowest BCUT2D eigenvalue weighted by Gasteiger charge is -2.26. The maximum Gasteiger partial charge on any atom is 0.241 e. The number of anilines is 3. The molecule has 2 heterocycles. The molecule has 1 aromatic carbocycles. The zero-order valence-corrected chi connectivity index (χ0v) is 15.0. The molecule has 0 saturated carbocycles. The van der Waals surface area contributed by atoms with Crippen molar-refractivity contribution in [2.75, 3.05) is 23.8 Å². The molecule has 0 radical (unpaired) electrons. The highest BCUT2D eigenvalue weighted by Crippen LogP contribution is 2.22. The second-order valence-corrected chi connectivity index (χ2v) is 6.07. The number of nitrogens with one attached hydrogen (secondary N) is 2. The summed E-state index contributed by atoms with van der Waals surface area (Å²) in [6.07, 6.45) is 5.28. The number of aryl methyl sites for hydroxylation is 1. The summed E-state index contributed by atoms with van der Waals surface area (Å²) in [5.41, 5.74) is 8.59. The minimum Gasteiger partial charge on any atom is -0.381 e. The molecule has 1 aliphatic heterocycles. The fourth-order valence-electron chi connectivity index (χ4n) is 2.84. The van der Waals surface area contributed by atoms with Gasteiger partial charge < -0.3 is 21.1 Å². The van der Waals surface area contributed by atoms with Crippen molar-refractivity contribution in [1.29, 1.82) is 0 Å². The van der Waals surface area contributed by atoms with Gasteiger partial charge in [-0.3, -0.25) is 9.48 Å². The zero-order valence-electron chi connectivity index (χ0n) is 14.1. The van der Waals surface area contributed by atoms with Gasteiger partial charge in [-0.25, -0.2) is 0 Å². The van der Waals surface area contributed by atoms with Crippen molar-refractivity contribution in [3.63, 3.8) is 0 Å². The number of carbonyl (C=O) groups excluding carboxylic acids is 1. The van der Waals surface area contributed by atoms with Crippen LogP contribution in [0.25, 0.3) is 0 Å². The predicted octanol–water partition coefficient (Wildman–Crippen LogP) is 2.28. The molecular weight excluding hydrogens is 342 g/mol. The van der Waals surface area contributed by atoms with Crippen molar-refractivity contribution in [3.8, 4) is 0 Å². The normalized spacial score (nSPS) is 15.9. The van der Waals surface area contributed by atoms with E-state index in [0.29, 0.717) is 13.2 Å². The molecule has 7 nitrogen and oxygen atoms in total. The van der Waals surface area contributed by atoms with E-state index in [4.69, 9.17) is 10.5 Å². The summed E-state index contributed by atoms with van der Waals surface area (Å²) in [6.45, 7) is 1.35. The van der Waals surface area contributed by atoms with Crippen molar-refractivity contribution in [1.82, 2.24) is 9.78 Å². The Bertz CT molecular complexity index is 700. The fourth-order valence-corrected chi connectivity index (χ4v) is 2.84. The van der Waals surface area contributed by atoms with Crippen LogP contribution >= 0.6 is 12.4 Å². The smallest absolute Gasteiger partial charge is 0.241 e. The van der Waals surface area contributed by atoms with Gasteiger partial charge in [0, 0.05) is 37.8 Å². The van der Waals surface area contributed by atoms with Crippen LogP contribution in [0.3, 0.4) is 0 Å². The van der Waals surface area contributed by atoms with Gasteiger partial charge in [0.15, 0.2) is 0 Å². The van der Waals surface area contributed by atoms with Gasteiger partial charge >= 0.3 is 0 Å². The average Bonchev–Trinajstić information content (AvgIpc) is 3.00. The molecule has 0 spiro atoms. The van der Waals surface area contributed by atoms with E-state index in [1.165, 1.54) is 0 Å². The molecule has 25 heavy (non-hydrogen) atoms. The summed E-state index contributed by atoms with van der Waals surface area (Å²) >= 11 is 0. The summed E-state index contributed by atoms with van der Waals surface area (Å²) in [5, 5.41) is 10.3. The van der Waals surface area contributed by atoms with Crippen LogP contribution in [-0.2, 0) is 16.6 Å². The van der Waals surface area contributed by atoms with Crippen molar-refractivity contribution in [2.24, 2.45) is 18.7 Å². The van der Waals surface area contributed by atoms with Crippen LogP contribution in [0.5, 0.6) is 0 Å². The van der Waals surface area contributed by atoms with Gasteiger partial charge in [0.05, 0.1) is 17.9 Å². The Kier molecular flexibility index (Phi) is 6.81. The Morgan fingerprint density at radius 1 is 1.32 bits per heavy atom. The largest absolute Gasteiger partial charge is 0.381 e. The number of hydrogen-bond donors (Lipinski definition) is 3. The molecule has 1 atom stereocenters. The number of amides is 1. The molecular formula is C17H24ClN5O2. The molecule has 0 aliphatic carbocycles. The maximum atomic E-state index is 12.4. The number of aromatic nitrogens is 2. The number of carbonyl (C=O) groups is 1. The first-order valence-electron chi connectivity index (χ1n) is 8.12. The minimum atomic E-state index is -0.510. The van der Waals surface area contributed by atoms with Crippen molar-refractivity contribution in [3.05, 3.63) is 36.7 Å². The van der Waals surface area contributed by atoms with Gasteiger partial charge in [0.2, 0.25) is 5.91 Å². The molecule has 1 aliphatic rings. The summed E-state index contributed by atoms with van der Waals surface area (Å²) in [4.78, 5) is 12.4. The van der Waals surface area contributed by atoms with E-state index in [-0.39, 0.29) is 24.2 Å². The van der Waals surface area contributed by atoms with Crippen molar-refractivity contribution >= 4 is 35.4 Å². The van der Waals surface area contributed by atoms with Crippen molar-refractivity contribution in [2.45, 2.75) is 18.9 Å². The lowest BCUT2D eigenvalue weighted by atomic mass is 9.92. The lowest BCUT2D eigenvalue weighted by Crippen LogP contribution is -2.44. The second-order valence-electron chi connectivity index (χ2n) is 6.07. The Labute approximate surface area is 153 Å². The third kappa shape index (κ3) is 5.19. The summed E-state index contributed by atoms with van der Waals surface area (Å²) in [6, 6.07) is 7.03. The first-order valence-corrected chi connectivity index (χ1v) is 8.12. The monoisotopic (exact) mass is 365 g/mol. The van der Waals surface area contributed by atoms with Gasteiger partial charge in [-0.15, -0.1) is 12.4 Å². The number of nitrogens with zero attached hydrogens (tertiary/aromatic N) is 2. The predicted molar refractivity (Wildman–Crippen MR) is 100 cm³/mol. The van der Waals surface area contributed by atoms with E-state index in [1.807, 2.05) is 37.5 Å². The quantitative estimate of drug-likeness (QED) is 0.755. The van der Waals surface area contributed by atoms with Crippen LogP contribution in [0, 0.1) is 5.92 Å². The highest BCUT2D eigenvalue weighted by atomic mass is 35.5. The number of rotatable bonds is 5. The molecule has 2 aromatic rings. The molecule has 8 heteroatoms. The Balaban J connectivity index is 0.00000225. The Morgan fingerprint density at radius 3 is 2.72 bits per heavy atom. The third-order valence-electron chi connectivity index (χ3n) is 4.20. The van der Waals surface area contributed by atoms with E-state index in [1.54, 1.807) is 10.9 Å². The fraction of sp³-hybridized carbons (Fsp3) is 0.412. The highest BCUT2D eigenvalue weighted by Gasteiger charge is 2.26. The third-order valence-corrected chi connectivity index (χ3v) is 4.20. The number of nitrogens with two attached hydrogens (primary N) is 1. The number of halogens is 1. The second kappa shape index (κ2) is 8.84. The standard InChI is InChI=1S/C17H23N5O2.ClH/c1-22-11-15(10-19-22)20-13-3-2-4-14(9-13)21-17(23)16(18)12-5-7-24-8-6-12;/h2-4,9-12,16,20H,5-8,18H2,1H3,(H,21,23);1H. The summed E-state index contributed by atoms with van der Waals surface area (Å²) < 4.78 is 7.04. The molecule has 1 amide bonds. The number of benzene rings is 1. The van der Waals surface area contributed by atoms with Crippen molar-refractivity contribution < 1.29 is 9.53 Å². The van der Waals surface area contributed by atoms with Crippen LogP contribution in [0.15, 0.2) is 36.7 Å². The number of hydrogen-bond acceptors (Lipinski definition) is 5. The average molecular weight is 366 g/mol. The maximum absolute atomic E-state index is 12.4. The Morgan fingerprint density at radius 2 is 2.04 bits per heavy atom. The Hall–Kier alpha value is -2.09. The van der Waals surface area contributed by atoms with E-state index in [2.05, 4.69) is 15.7 Å². The first kappa shape index (κ1) is 19.2. The molecule has 1 aromatic heterocycles. The molecule has 1 saturated heterocycles. The molecule has 136 valence electrons. The SMILES string of the molecule is Cl.Cn1cc(Nc2cccc(NC(=O)C(N)C3CCOCC3)c2)cn1. The highest BCUT2D eigenvalue weighted by molar-refractivity contribution is 5.95. The topological polar surface area (TPSA) is 94.2 Å². The van der Waals surface area contributed by atoms with Gasteiger partial charge in [0.1, 0.15) is 0 Å². The molecule has 0 bridgehead atoms. The summed E-state index contributed by atoms with van der Waals surface area (Å²) in [7, 11) is 1.86. The lowest BCUT2D eigenvalue weighted by molar-refractivity contribution is -0.119. The first-order chi connectivity index (χ1) is 11.6. The van der Waals surface area contributed by atoms with Gasteiger partial charge in [0.25, 0.3) is 0 Å². The van der Waals surface area contributed by atoms with Crippen LogP contribution in [-0.4, -0.2) is 34.9 Å². The molecule has 3 rings (SSSR count). The van der Waals surface area contributed by atoms with Crippen LogP contribution in [0.4, 0.5) is 17.1 Å². The molecule has 4 N–H and O–H groups in total. The van der Waals surface area contributed by atoms with Gasteiger partial charge in [-0.05, 0) is 37.0 Å². The van der Waals surface area contributed by atoms with Crippen LogP contribution < -0.4 is 16.4 Å². The van der Waals surface area contributed by atoms with Gasteiger partial charge in [-0.2, -0.15) is 5.10 Å². The zero-order chi connectivity index (χ0) is 16.9. The molecule has 1 fully saturated rings. The molecule has 1 unspecified atom stereocenters. The van der Waals surface area contributed by atoms with E-state index < -0.39 is 6.04 Å². The van der Waals surface area contributed by atoms with E-state index in [0.717, 1.165) is 29.9 Å². The van der Waals surface area contributed by atoms with Crippen LogP contribution in [0.2, 0.25) is 0 Å². The minimum absolute atomic E-state index is 0. The van der Waals surface area contributed by atoms with Crippen LogP contribution in [0.1, 0.15) is 12.8 Å². The van der Waals surface area contributed by atoms with Gasteiger partial charge in [-0.1, -0.05) is 6.07 Å². The van der Waals surface area contributed by atoms with E-state index >= 15 is 0 Å². The number of ether oxygens (including phenoxy) is 1. The van der Waals surface area contributed by atoms with E-state index in [9.17, 15) is 4.79 Å².